The van der Waals surface area contributed by atoms with Crippen molar-refractivity contribution in [1.82, 2.24) is 24.1 Å². The lowest BCUT2D eigenvalue weighted by Gasteiger charge is -2.29. The van der Waals surface area contributed by atoms with E-state index in [4.69, 9.17) is 16.3 Å². The molecular formula is C23H19ClF3N5O2. The zero-order valence-electron chi connectivity index (χ0n) is 18.2. The summed E-state index contributed by atoms with van der Waals surface area (Å²) >= 11 is 6.15. The van der Waals surface area contributed by atoms with Gasteiger partial charge in [0.15, 0.2) is 17.3 Å². The third-order valence-electron chi connectivity index (χ3n) is 6.00. The van der Waals surface area contributed by atoms with Crippen molar-refractivity contribution >= 4 is 17.2 Å². The number of rotatable bonds is 3. The van der Waals surface area contributed by atoms with Gasteiger partial charge in [-0.3, -0.25) is 13.9 Å². The van der Waals surface area contributed by atoms with Gasteiger partial charge in [0, 0.05) is 49.2 Å². The van der Waals surface area contributed by atoms with Crippen molar-refractivity contribution in [3.63, 3.8) is 0 Å². The standard InChI is InChI=1S/C23H19ClF3N5O2/c1-11-20(24)23(33)32-10-18(12-3-4-34-19(5-12)13-8-28-31(2)9-13)30-21(22(32)29-11)14-6-16(26)17(27)7-15(14)25/h6-10,12,19H,3-5H2,1-2H3. The second-order valence-electron chi connectivity index (χ2n) is 8.30. The lowest BCUT2D eigenvalue weighted by Crippen LogP contribution is -2.23. The predicted molar refractivity (Wildman–Crippen MR) is 118 cm³/mol. The van der Waals surface area contributed by atoms with Gasteiger partial charge in [-0.1, -0.05) is 11.6 Å². The van der Waals surface area contributed by atoms with Gasteiger partial charge in [0.2, 0.25) is 0 Å². The minimum Gasteiger partial charge on any atom is -0.373 e. The van der Waals surface area contributed by atoms with Crippen molar-refractivity contribution in [3.8, 4) is 11.3 Å². The van der Waals surface area contributed by atoms with Crippen LogP contribution in [-0.4, -0.2) is 30.8 Å². The van der Waals surface area contributed by atoms with Crippen molar-refractivity contribution < 1.29 is 17.9 Å². The Morgan fingerprint density at radius 1 is 1.12 bits per heavy atom. The number of nitrogens with zero attached hydrogens (tertiary/aromatic N) is 5. The maximum Gasteiger partial charge on any atom is 0.277 e. The van der Waals surface area contributed by atoms with Crippen LogP contribution in [0.25, 0.3) is 16.9 Å². The van der Waals surface area contributed by atoms with Crippen molar-refractivity contribution in [2.45, 2.75) is 31.8 Å². The van der Waals surface area contributed by atoms with Crippen molar-refractivity contribution in [3.05, 3.63) is 80.5 Å². The molecule has 1 aromatic carbocycles. The molecule has 1 saturated heterocycles. The number of aryl methyl sites for hydroxylation is 2. The first-order chi connectivity index (χ1) is 16.2. The molecule has 0 N–H and O–H groups in total. The summed E-state index contributed by atoms with van der Waals surface area (Å²) in [7, 11) is 1.81. The average molecular weight is 490 g/mol. The fraction of sp³-hybridized carbons (Fsp3) is 0.304. The summed E-state index contributed by atoms with van der Waals surface area (Å²) < 4.78 is 51.2. The highest BCUT2D eigenvalue weighted by Gasteiger charge is 2.29. The summed E-state index contributed by atoms with van der Waals surface area (Å²) in [5.41, 5.74) is 0.639. The summed E-state index contributed by atoms with van der Waals surface area (Å²) in [5, 5.41) is 4.09. The highest BCUT2D eigenvalue weighted by molar-refractivity contribution is 6.31. The van der Waals surface area contributed by atoms with Crippen LogP contribution >= 0.6 is 11.6 Å². The smallest absolute Gasteiger partial charge is 0.277 e. The Bertz CT molecular complexity index is 1490. The van der Waals surface area contributed by atoms with E-state index in [2.05, 4.69) is 15.1 Å². The highest BCUT2D eigenvalue weighted by Crippen LogP contribution is 2.38. The third kappa shape index (κ3) is 3.86. The number of hydrogen-bond donors (Lipinski definition) is 0. The molecule has 5 rings (SSSR count). The Kier molecular flexibility index (Phi) is 5.65. The molecule has 0 spiro atoms. The van der Waals surface area contributed by atoms with E-state index in [-0.39, 0.29) is 39.6 Å². The SMILES string of the molecule is Cc1nc2c(-c3cc(F)c(F)cc3F)nc(C3CCOC(c4cnn(C)c4)C3)cn2c(=O)c1Cl. The van der Waals surface area contributed by atoms with Crippen LogP contribution in [0.2, 0.25) is 5.02 Å². The molecule has 11 heteroatoms. The Labute approximate surface area is 196 Å². The third-order valence-corrected chi connectivity index (χ3v) is 6.44. The summed E-state index contributed by atoms with van der Waals surface area (Å²) in [5.74, 6) is -3.75. The van der Waals surface area contributed by atoms with Gasteiger partial charge in [0.25, 0.3) is 5.56 Å². The zero-order valence-corrected chi connectivity index (χ0v) is 19.0. The first-order valence-corrected chi connectivity index (χ1v) is 10.9. The normalized spacial score (nSPS) is 18.5. The number of ether oxygens (including phenoxy) is 1. The second kappa shape index (κ2) is 8.52. The van der Waals surface area contributed by atoms with E-state index in [1.807, 2.05) is 13.2 Å². The molecule has 176 valence electrons. The van der Waals surface area contributed by atoms with Gasteiger partial charge in [-0.25, -0.2) is 23.1 Å². The van der Waals surface area contributed by atoms with E-state index in [0.29, 0.717) is 31.2 Å². The lowest BCUT2D eigenvalue weighted by atomic mass is 9.90. The van der Waals surface area contributed by atoms with Crippen LogP contribution in [0.1, 0.15) is 41.8 Å². The maximum atomic E-state index is 14.8. The molecule has 3 aromatic heterocycles. The molecule has 4 heterocycles. The topological polar surface area (TPSA) is 74.3 Å². The molecule has 1 fully saturated rings. The molecule has 7 nitrogen and oxygen atoms in total. The Morgan fingerprint density at radius 3 is 2.62 bits per heavy atom. The van der Waals surface area contributed by atoms with E-state index >= 15 is 0 Å². The second-order valence-corrected chi connectivity index (χ2v) is 8.68. The van der Waals surface area contributed by atoms with E-state index in [1.54, 1.807) is 10.9 Å². The average Bonchev–Trinajstić information content (AvgIpc) is 3.26. The predicted octanol–water partition coefficient (Wildman–Crippen LogP) is 4.50. The molecule has 0 amide bonds. The maximum absolute atomic E-state index is 14.8. The number of hydrogen-bond acceptors (Lipinski definition) is 5. The molecule has 0 saturated carbocycles. The fourth-order valence-electron chi connectivity index (χ4n) is 4.23. The van der Waals surface area contributed by atoms with Crippen molar-refractivity contribution in [2.24, 2.45) is 7.05 Å². The molecule has 2 atom stereocenters. The van der Waals surface area contributed by atoms with Crippen LogP contribution in [-0.2, 0) is 11.8 Å². The van der Waals surface area contributed by atoms with Crippen LogP contribution < -0.4 is 5.56 Å². The van der Waals surface area contributed by atoms with Gasteiger partial charge in [0.1, 0.15) is 16.5 Å². The molecule has 4 aromatic rings. The Hall–Kier alpha value is -3.24. The first kappa shape index (κ1) is 22.5. The van der Waals surface area contributed by atoms with Gasteiger partial charge in [-0.2, -0.15) is 5.10 Å². The van der Waals surface area contributed by atoms with Crippen LogP contribution in [0.15, 0.2) is 35.5 Å². The van der Waals surface area contributed by atoms with E-state index in [1.165, 1.54) is 17.5 Å². The molecule has 0 aliphatic carbocycles. The van der Waals surface area contributed by atoms with Gasteiger partial charge < -0.3 is 4.74 Å². The minimum absolute atomic E-state index is 0.00331. The zero-order chi connectivity index (χ0) is 24.1. The van der Waals surface area contributed by atoms with E-state index in [9.17, 15) is 18.0 Å². The highest BCUT2D eigenvalue weighted by atomic mass is 35.5. The summed E-state index contributed by atoms with van der Waals surface area (Å²) in [6.07, 6.45) is 5.99. The monoisotopic (exact) mass is 489 g/mol. The van der Waals surface area contributed by atoms with Crippen LogP contribution in [0.4, 0.5) is 13.2 Å². The number of benzene rings is 1. The minimum atomic E-state index is -1.32. The van der Waals surface area contributed by atoms with Crippen molar-refractivity contribution in [2.75, 3.05) is 6.61 Å². The summed E-state index contributed by atoms with van der Waals surface area (Å²) in [4.78, 5) is 21.9. The van der Waals surface area contributed by atoms with Gasteiger partial charge in [0.05, 0.1) is 23.7 Å². The molecule has 0 radical (unpaired) electrons. The molecule has 1 aliphatic heterocycles. The molecule has 1 aliphatic rings. The van der Waals surface area contributed by atoms with Gasteiger partial charge in [-0.05, 0) is 25.8 Å². The Morgan fingerprint density at radius 2 is 1.88 bits per heavy atom. The molecular weight excluding hydrogens is 471 g/mol. The van der Waals surface area contributed by atoms with Crippen LogP contribution in [0.5, 0.6) is 0 Å². The lowest BCUT2D eigenvalue weighted by molar-refractivity contribution is 0.00455. The largest absolute Gasteiger partial charge is 0.373 e. The fourth-order valence-corrected chi connectivity index (χ4v) is 4.36. The van der Waals surface area contributed by atoms with Gasteiger partial charge >= 0.3 is 0 Å². The summed E-state index contributed by atoms with van der Waals surface area (Å²) in [6.45, 7) is 1.96. The van der Waals surface area contributed by atoms with Crippen LogP contribution in [0, 0.1) is 24.4 Å². The molecule has 34 heavy (non-hydrogen) atoms. The van der Waals surface area contributed by atoms with E-state index < -0.39 is 23.0 Å². The van der Waals surface area contributed by atoms with Gasteiger partial charge in [-0.15, -0.1) is 0 Å². The Balaban J connectivity index is 1.69. The first-order valence-electron chi connectivity index (χ1n) is 10.6. The molecule has 0 bridgehead atoms. The van der Waals surface area contributed by atoms with Crippen LogP contribution in [0.3, 0.4) is 0 Å². The number of halogens is 4. The van der Waals surface area contributed by atoms with E-state index in [0.717, 1.165) is 11.6 Å². The quantitative estimate of drug-likeness (QED) is 0.396. The summed E-state index contributed by atoms with van der Waals surface area (Å²) in [6, 6.07) is 1.17. The molecule has 2 unspecified atom stereocenters. The van der Waals surface area contributed by atoms with Crippen molar-refractivity contribution in [1.29, 1.82) is 0 Å². The number of fused-ring (bicyclic) bond motifs is 1. The number of aromatic nitrogens is 5.